The van der Waals surface area contributed by atoms with Crippen LogP contribution in [-0.2, 0) is 16.1 Å². The fourth-order valence-electron chi connectivity index (χ4n) is 4.15. The van der Waals surface area contributed by atoms with Gasteiger partial charge in [-0.25, -0.2) is 9.07 Å². The summed E-state index contributed by atoms with van der Waals surface area (Å²) < 4.78 is 26.7. The quantitative estimate of drug-likeness (QED) is 0.820. The molecule has 2 fully saturated rings. The van der Waals surface area contributed by atoms with Crippen molar-refractivity contribution in [3.05, 3.63) is 29.8 Å². The topological polar surface area (TPSA) is 65.3 Å². The Morgan fingerprint density at radius 3 is 2.84 bits per heavy atom. The van der Waals surface area contributed by atoms with Crippen molar-refractivity contribution in [1.29, 1.82) is 0 Å². The molecule has 0 unspecified atom stereocenters. The first-order chi connectivity index (χ1) is 12.3. The number of aromatic nitrogens is 4. The molecule has 0 spiro atoms. The highest BCUT2D eigenvalue weighted by Crippen LogP contribution is 2.35. The average molecular weight is 345 g/mol. The van der Waals surface area contributed by atoms with Gasteiger partial charge in [0.15, 0.2) is 0 Å². The van der Waals surface area contributed by atoms with Crippen molar-refractivity contribution >= 4 is 0 Å². The lowest BCUT2D eigenvalue weighted by Gasteiger charge is -2.30. The molecule has 8 heteroatoms. The van der Waals surface area contributed by atoms with Gasteiger partial charge in [0, 0.05) is 32.3 Å². The molecule has 3 aliphatic rings. The molecule has 0 amide bonds. The molecular weight excluding hydrogens is 325 g/mol. The van der Waals surface area contributed by atoms with E-state index in [4.69, 9.17) is 9.47 Å². The van der Waals surface area contributed by atoms with Crippen LogP contribution in [0.2, 0.25) is 0 Å². The number of nitrogens with zero attached hydrogens (tertiary/aromatic N) is 5. The van der Waals surface area contributed by atoms with E-state index >= 15 is 0 Å². The number of hydrogen-bond acceptors (Lipinski definition) is 6. The van der Waals surface area contributed by atoms with Gasteiger partial charge < -0.3 is 9.47 Å². The Bertz CT molecular complexity index is 759. The molecule has 2 saturated heterocycles. The van der Waals surface area contributed by atoms with Gasteiger partial charge in [0.2, 0.25) is 0 Å². The Morgan fingerprint density at radius 1 is 1.16 bits per heavy atom. The maximum absolute atomic E-state index is 13.1. The van der Waals surface area contributed by atoms with Crippen LogP contribution >= 0.6 is 0 Å². The summed E-state index contributed by atoms with van der Waals surface area (Å²) in [6.07, 6.45) is 3.50. The standard InChI is InChI=1S/C17H20FN5O2/c18-11-1-2-13(19-7-11)17-15-10-25-16-9-22(12-3-5-24-6-4-12)8-14(16)23(15)21-20-17/h1-2,7,12,14,16H,3-6,8-10H2/t14-,16-/m0/s1. The number of pyridine rings is 1. The largest absolute Gasteiger partial charge is 0.381 e. The highest BCUT2D eigenvalue weighted by atomic mass is 19.1. The van der Waals surface area contributed by atoms with Crippen LogP contribution in [0.4, 0.5) is 4.39 Å². The molecule has 0 aliphatic carbocycles. The van der Waals surface area contributed by atoms with E-state index in [1.165, 1.54) is 12.3 Å². The summed E-state index contributed by atoms with van der Waals surface area (Å²) in [7, 11) is 0. The van der Waals surface area contributed by atoms with Crippen LogP contribution in [0.15, 0.2) is 18.3 Å². The first kappa shape index (κ1) is 15.4. The van der Waals surface area contributed by atoms with Gasteiger partial charge in [0.1, 0.15) is 11.5 Å². The van der Waals surface area contributed by atoms with E-state index in [-0.39, 0.29) is 18.0 Å². The molecule has 0 saturated carbocycles. The Morgan fingerprint density at radius 2 is 2.04 bits per heavy atom. The minimum absolute atomic E-state index is 0.145. The molecule has 7 nitrogen and oxygen atoms in total. The number of likely N-dealkylation sites (tertiary alicyclic amines) is 1. The van der Waals surface area contributed by atoms with Gasteiger partial charge >= 0.3 is 0 Å². The molecule has 2 atom stereocenters. The van der Waals surface area contributed by atoms with Crippen LogP contribution in [0, 0.1) is 5.82 Å². The maximum Gasteiger partial charge on any atom is 0.141 e. The zero-order valence-electron chi connectivity index (χ0n) is 13.8. The fraction of sp³-hybridized carbons (Fsp3) is 0.588. The lowest BCUT2D eigenvalue weighted by Crippen LogP contribution is -2.38. The van der Waals surface area contributed by atoms with Gasteiger partial charge in [-0.2, -0.15) is 0 Å². The molecule has 25 heavy (non-hydrogen) atoms. The van der Waals surface area contributed by atoms with Crippen molar-refractivity contribution in [3.63, 3.8) is 0 Å². The first-order valence-electron chi connectivity index (χ1n) is 8.79. The van der Waals surface area contributed by atoms with Gasteiger partial charge in [-0.3, -0.25) is 9.88 Å². The Balaban J connectivity index is 1.41. The molecule has 0 radical (unpaired) electrons. The molecule has 2 aromatic heterocycles. The summed E-state index contributed by atoms with van der Waals surface area (Å²) in [6, 6.07) is 3.76. The van der Waals surface area contributed by atoms with Gasteiger partial charge in [0.05, 0.1) is 36.3 Å². The third-order valence-corrected chi connectivity index (χ3v) is 5.48. The molecule has 5 heterocycles. The van der Waals surface area contributed by atoms with Crippen molar-refractivity contribution in [2.45, 2.75) is 37.6 Å². The summed E-state index contributed by atoms with van der Waals surface area (Å²) >= 11 is 0. The number of hydrogen-bond donors (Lipinski definition) is 0. The van der Waals surface area contributed by atoms with Gasteiger partial charge in [-0.05, 0) is 25.0 Å². The van der Waals surface area contributed by atoms with Crippen molar-refractivity contribution in [2.24, 2.45) is 0 Å². The number of ether oxygens (including phenoxy) is 2. The molecule has 3 aliphatic heterocycles. The SMILES string of the molecule is Fc1ccc(-c2nnn3c2CO[C@H]2CN(C4CCOCC4)C[C@@H]23)nc1. The minimum Gasteiger partial charge on any atom is -0.381 e. The summed E-state index contributed by atoms with van der Waals surface area (Å²) in [6.45, 7) is 3.99. The molecule has 0 N–H and O–H groups in total. The van der Waals surface area contributed by atoms with E-state index in [1.807, 2.05) is 4.68 Å². The van der Waals surface area contributed by atoms with Crippen LogP contribution in [-0.4, -0.2) is 63.3 Å². The van der Waals surface area contributed by atoms with Crippen molar-refractivity contribution in [2.75, 3.05) is 26.3 Å². The number of rotatable bonds is 2. The predicted molar refractivity (Wildman–Crippen MR) is 86.2 cm³/mol. The van der Waals surface area contributed by atoms with Crippen LogP contribution in [0.3, 0.4) is 0 Å². The monoisotopic (exact) mass is 345 g/mol. The third-order valence-electron chi connectivity index (χ3n) is 5.48. The minimum atomic E-state index is -0.357. The molecule has 2 aromatic rings. The summed E-state index contributed by atoms with van der Waals surface area (Å²) in [5.41, 5.74) is 2.24. The zero-order valence-corrected chi connectivity index (χ0v) is 13.8. The van der Waals surface area contributed by atoms with E-state index < -0.39 is 0 Å². The third kappa shape index (κ3) is 2.65. The molecule has 5 rings (SSSR count). The van der Waals surface area contributed by atoms with Gasteiger partial charge in [-0.1, -0.05) is 5.21 Å². The molecular formula is C17H20FN5O2. The fourth-order valence-corrected chi connectivity index (χ4v) is 4.15. The Kier molecular flexibility index (Phi) is 3.76. The molecule has 0 aromatic carbocycles. The average Bonchev–Trinajstić information content (AvgIpc) is 3.27. The van der Waals surface area contributed by atoms with Crippen molar-refractivity contribution in [3.8, 4) is 11.4 Å². The summed E-state index contributed by atoms with van der Waals surface area (Å²) in [5.74, 6) is -0.357. The van der Waals surface area contributed by atoms with Gasteiger partial charge in [0.25, 0.3) is 0 Å². The lowest BCUT2D eigenvalue weighted by atomic mass is 10.1. The Labute approximate surface area is 144 Å². The normalized spacial score (nSPS) is 27.2. The van der Waals surface area contributed by atoms with Crippen LogP contribution < -0.4 is 0 Å². The highest BCUT2D eigenvalue weighted by molar-refractivity contribution is 5.56. The lowest BCUT2D eigenvalue weighted by molar-refractivity contribution is -0.00871. The van der Waals surface area contributed by atoms with Crippen LogP contribution in [0.1, 0.15) is 24.6 Å². The summed E-state index contributed by atoms with van der Waals surface area (Å²) in [5, 5.41) is 8.68. The van der Waals surface area contributed by atoms with Crippen LogP contribution in [0.5, 0.6) is 0 Å². The van der Waals surface area contributed by atoms with Crippen LogP contribution in [0.25, 0.3) is 11.4 Å². The summed E-state index contributed by atoms with van der Waals surface area (Å²) in [4.78, 5) is 6.64. The Hall–Kier alpha value is -1.90. The second kappa shape index (κ2) is 6.12. The zero-order chi connectivity index (χ0) is 16.8. The van der Waals surface area contributed by atoms with E-state index in [0.29, 0.717) is 24.0 Å². The first-order valence-corrected chi connectivity index (χ1v) is 8.79. The second-order valence-electron chi connectivity index (χ2n) is 6.91. The molecule has 132 valence electrons. The van der Waals surface area contributed by atoms with E-state index in [9.17, 15) is 4.39 Å². The van der Waals surface area contributed by atoms with Crippen molar-refractivity contribution < 1.29 is 13.9 Å². The predicted octanol–water partition coefficient (Wildman–Crippen LogP) is 1.41. The smallest absolute Gasteiger partial charge is 0.141 e. The van der Waals surface area contributed by atoms with Gasteiger partial charge in [-0.15, -0.1) is 5.10 Å². The number of halogens is 1. The van der Waals surface area contributed by atoms with E-state index in [1.54, 1.807) is 6.07 Å². The highest BCUT2D eigenvalue weighted by Gasteiger charge is 2.43. The maximum atomic E-state index is 13.1. The van der Waals surface area contributed by atoms with E-state index in [2.05, 4.69) is 20.2 Å². The van der Waals surface area contributed by atoms with Crippen molar-refractivity contribution in [1.82, 2.24) is 24.9 Å². The molecule has 0 bridgehead atoms. The van der Waals surface area contributed by atoms with E-state index in [0.717, 1.165) is 44.8 Å². The number of fused-ring (bicyclic) bond motifs is 3. The second-order valence-corrected chi connectivity index (χ2v) is 6.91.